The van der Waals surface area contributed by atoms with Gasteiger partial charge in [-0.15, -0.1) is 0 Å². The van der Waals surface area contributed by atoms with Gasteiger partial charge in [0.05, 0.1) is 17.0 Å². The topological polar surface area (TPSA) is 72.8 Å². The highest BCUT2D eigenvalue weighted by Crippen LogP contribution is 2.33. The van der Waals surface area contributed by atoms with Gasteiger partial charge < -0.3 is 4.84 Å². The van der Waals surface area contributed by atoms with E-state index in [1.165, 1.54) is 0 Å². The van der Waals surface area contributed by atoms with E-state index < -0.39 is 15.8 Å². The Morgan fingerprint density at radius 2 is 1.71 bits per heavy atom. The lowest BCUT2D eigenvalue weighted by molar-refractivity contribution is -0.142. The van der Waals surface area contributed by atoms with Gasteiger partial charge in [0, 0.05) is 16.5 Å². The van der Waals surface area contributed by atoms with Gasteiger partial charge in [0.2, 0.25) is 9.84 Å². The van der Waals surface area contributed by atoms with E-state index in [0.717, 1.165) is 11.0 Å². The van der Waals surface area contributed by atoms with E-state index in [2.05, 4.69) is 5.16 Å². The lowest BCUT2D eigenvalue weighted by Crippen LogP contribution is -2.06. The zero-order valence-corrected chi connectivity index (χ0v) is 13.8. The summed E-state index contributed by atoms with van der Waals surface area (Å²) in [5.74, 6) is -0.504. The highest BCUT2D eigenvalue weighted by atomic mass is 32.2. The van der Waals surface area contributed by atoms with Crippen molar-refractivity contribution in [3.63, 3.8) is 0 Å². The number of carbonyl (C=O) groups excluding carboxylic acids is 1. The Morgan fingerprint density at radius 1 is 1.04 bits per heavy atom. The number of benzene rings is 2. The van der Waals surface area contributed by atoms with E-state index in [1.807, 2.05) is 30.3 Å². The van der Waals surface area contributed by atoms with Crippen LogP contribution in [0.3, 0.4) is 0 Å². The molecule has 0 radical (unpaired) electrons. The number of hydrogen-bond donors (Lipinski definition) is 0. The molecule has 0 unspecified atom stereocenters. The fourth-order valence-electron chi connectivity index (χ4n) is 2.46. The predicted molar refractivity (Wildman–Crippen MR) is 91.0 cm³/mol. The lowest BCUT2D eigenvalue weighted by Gasteiger charge is -2.04. The zero-order valence-electron chi connectivity index (χ0n) is 13.0. The Bertz CT molecular complexity index is 944. The summed E-state index contributed by atoms with van der Waals surface area (Å²) in [4.78, 5) is 17.0. The molecule has 3 rings (SSSR count). The Balaban J connectivity index is 1.76. The van der Waals surface area contributed by atoms with Gasteiger partial charge in [-0.1, -0.05) is 53.7 Å². The summed E-state index contributed by atoms with van der Waals surface area (Å²) in [6, 6.07) is 15.8. The molecule has 122 valence electrons. The number of allylic oxidation sites excluding steroid dienone is 1. The number of fused-ring (bicyclic) bond motifs is 1. The van der Waals surface area contributed by atoms with Crippen LogP contribution < -0.4 is 0 Å². The lowest BCUT2D eigenvalue weighted by atomic mass is 10.0. The second kappa shape index (κ2) is 6.41. The molecular formula is C18H15NO4S. The molecule has 0 saturated heterocycles. The molecule has 0 bridgehead atoms. The van der Waals surface area contributed by atoms with Crippen LogP contribution in [0, 0.1) is 0 Å². The van der Waals surface area contributed by atoms with E-state index in [1.54, 1.807) is 31.2 Å². The van der Waals surface area contributed by atoms with Crippen LogP contribution >= 0.6 is 0 Å². The zero-order chi connectivity index (χ0) is 17.2. The maximum Gasteiger partial charge on any atom is 0.339 e. The number of hydrogen-bond acceptors (Lipinski definition) is 5. The minimum absolute atomic E-state index is 0.103. The first-order chi connectivity index (χ1) is 11.5. The molecule has 0 saturated carbocycles. The largest absolute Gasteiger partial charge is 0.339 e. The van der Waals surface area contributed by atoms with Gasteiger partial charge >= 0.3 is 5.97 Å². The molecule has 1 aliphatic rings. The molecule has 6 heteroatoms. The highest BCUT2D eigenvalue weighted by Gasteiger charge is 2.28. The molecule has 0 aromatic heterocycles. The van der Waals surface area contributed by atoms with Gasteiger partial charge in [0.15, 0.2) is 0 Å². The third kappa shape index (κ3) is 3.28. The number of nitrogens with zero attached hydrogens (tertiary/aromatic N) is 1. The maximum atomic E-state index is 12.1. The van der Waals surface area contributed by atoms with Crippen LogP contribution in [0.25, 0.3) is 5.57 Å². The standard InChI is InChI=1S/C18H15NO4S/c1-13(19-23-18(20)11-14-7-3-2-4-8-14)16-12-24(21,22)17-10-6-5-9-15(16)17/h2-10,12H,11H2,1H3/b19-13+. The second-order valence-corrected chi connectivity index (χ2v) is 7.14. The van der Waals surface area contributed by atoms with Crippen LogP contribution in [0.2, 0.25) is 0 Å². The molecule has 0 fully saturated rings. The minimum Gasteiger partial charge on any atom is -0.318 e. The van der Waals surface area contributed by atoms with Crippen molar-refractivity contribution in [1.82, 2.24) is 0 Å². The molecule has 2 aromatic rings. The maximum absolute atomic E-state index is 12.1. The van der Waals surface area contributed by atoms with Crippen LogP contribution in [0.4, 0.5) is 0 Å². The summed E-state index contributed by atoms with van der Waals surface area (Å²) < 4.78 is 24.2. The highest BCUT2D eigenvalue weighted by molar-refractivity contribution is 7.95. The van der Waals surface area contributed by atoms with Crippen molar-refractivity contribution in [3.05, 3.63) is 71.1 Å². The quantitative estimate of drug-likeness (QED) is 0.487. The first kappa shape index (κ1) is 16.1. The first-order valence-corrected chi connectivity index (χ1v) is 8.87. The van der Waals surface area contributed by atoms with Crippen LogP contribution in [0.5, 0.6) is 0 Å². The Morgan fingerprint density at radius 3 is 2.46 bits per heavy atom. The predicted octanol–water partition coefficient (Wildman–Crippen LogP) is 2.98. The third-order valence-corrected chi connectivity index (χ3v) is 5.14. The van der Waals surface area contributed by atoms with E-state index in [-0.39, 0.29) is 11.3 Å². The Kier molecular flexibility index (Phi) is 4.31. The normalized spacial score (nSPS) is 15.5. The van der Waals surface area contributed by atoms with E-state index in [0.29, 0.717) is 16.8 Å². The smallest absolute Gasteiger partial charge is 0.318 e. The van der Waals surface area contributed by atoms with Crippen molar-refractivity contribution >= 4 is 27.1 Å². The Labute approximate surface area is 140 Å². The van der Waals surface area contributed by atoms with E-state index >= 15 is 0 Å². The van der Waals surface area contributed by atoms with Gasteiger partial charge in [-0.05, 0) is 18.6 Å². The summed E-state index contributed by atoms with van der Waals surface area (Å²) >= 11 is 0. The van der Waals surface area contributed by atoms with Gasteiger partial charge in [0.25, 0.3) is 0 Å². The van der Waals surface area contributed by atoms with E-state index in [4.69, 9.17) is 4.84 Å². The molecule has 0 spiro atoms. The average Bonchev–Trinajstić information content (AvgIpc) is 2.86. The van der Waals surface area contributed by atoms with Crippen molar-refractivity contribution < 1.29 is 18.0 Å². The monoisotopic (exact) mass is 341 g/mol. The Hall–Kier alpha value is -2.73. The second-order valence-electron chi connectivity index (χ2n) is 5.38. The van der Waals surface area contributed by atoms with Crippen molar-refractivity contribution in [3.8, 4) is 0 Å². The molecule has 0 amide bonds. The number of oxime groups is 1. The third-order valence-electron chi connectivity index (χ3n) is 3.62. The molecule has 1 aliphatic heterocycles. The van der Waals surface area contributed by atoms with Gasteiger partial charge in [-0.25, -0.2) is 13.2 Å². The minimum atomic E-state index is -3.47. The van der Waals surface area contributed by atoms with Crippen molar-refractivity contribution in [1.29, 1.82) is 0 Å². The summed E-state index contributed by atoms with van der Waals surface area (Å²) in [5, 5.41) is 4.96. The number of sulfone groups is 1. The average molecular weight is 341 g/mol. The fraction of sp³-hybridized carbons (Fsp3) is 0.111. The summed E-state index contributed by atoms with van der Waals surface area (Å²) in [6.45, 7) is 1.61. The molecule has 2 aromatic carbocycles. The van der Waals surface area contributed by atoms with Crippen molar-refractivity contribution in [2.75, 3.05) is 0 Å². The first-order valence-electron chi connectivity index (χ1n) is 7.32. The SMILES string of the molecule is C/C(=N\OC(=O)Cc1ccccc1)C1=CS(=O)(=O)c2ccccc21. The van der Waals surface area contributed by atoms with E-state index in [9.17, 15) is 13.2 Å². The molecule has 1 heterocycles. The number of rotatable bonds is 4. The number of carbonyl (C=O) groups is 1. The van der Waals surface area contributed by atoms with Gasteiger partial charge in [0.1, 0.15) is 0 Å². The van der Waals surface area contributed by atoms with Crippen LogP contribution in [0.1, 0.15) is 18.1 Å². The van der Waals surface area contributed by atoms with Gasteiger partial charge in [-0.3, -0.25) is 0 Å². The van der Waals surface area contributed by atoms with Crippen LogP contribution in [-0.2, 0) is 25.9 Å². The summed E-state index contributed by atoms with van der Waals surface area (Å²) in [5.41, 5.74) is 2.17. The molecular weight excluding hydrogens is 326 g/mol. The summed E-state index contributed by atoms with van der Waals surface area (Å²) in [6.07, 6.45) is 0.103. The molecule has 0 aliphatic carbocycles. The van der Waals surface area contributed by atoms with Crippen LogP contribution in [-0.4, -0.2) is 20.1 Å². The van der Waals surface area contributed by atoms with Gasteiger partial charge in [-0.2, -0.15) is 0 Å². The summed E-state index contributed by atoms with van der Waals surface area (Å²) in [7, 11) is -3.47. The molecule has 0 atom stereocenters. The van der Waals surface area contributed by atoms with Crippen LogP contribution in [0.15, 0.2) is 70.1 Å². The molecule has 0 N–H and O–H groups in total. The van der Waals surface area contributed by atoms with Crippen molar-refractivity contribution in [2.45, 2.75) is 18.2 Å². The fourth-order valence-corrected chi connectivity index (χ4v) is 3.95. The van der Waals surface area contributed by atoms with Crippen molar-refractivity contribution in [2.24, 2.45) is 5.16 Å². The molecule has 24 heavy (non-hydrogen) atoms. The molecule has 5 nitrogen and oxygen atoms in total.